The van der Waals surface area contributed by atoms with Gasteiger partial charge in [-0.25, -0.2) is 0 Å². The van der Waals surface area contributed by atoms with Gasteiger partial charge in [0.25, 0.3) is 0 Å². The molecule has 2 N–H and O–H groups in total. The van der Waals surface area contributed by atoms with E-state index in [1.807, 2.05) is 36.4 Å². The Morgan fingerprint density at radius 2 is 1.87 bits per heavy atom. The molecule has 3 rings (SSSR count). The summed E-state index contributed by atoms with van der Waals surface area (Å²) in [6, 6.07) is 11.5. The highest BCUT2D eigenvalue weighted by Crippen LogP contribution is 2.16. The molecule has 0 atom stereocenters. The second-order valence-corrected chi connectivity index (χ2v) is 5.23. The second-order valence-electron chi connectivity index (χ2n) is 4.83. The minimum absolute atomic E-state index is 0.456. The predicted octanol–water partition coefficient (Wildman–Crippen LogP) is 3.14. The molecule has 3 aromatic rings. The molecule has 23 heavy (non-hydrogen) atoms. The number of halogens is 1. The van der Waals surface area contributed by atoms with Crippen molar-refractivity contribution in [3.63, 3.8) is 0 Å². The topological polar surface area (TPSA) is 75.6 Å². The van der Waals surface area contributed by atoms with Gasteiger partial charge in [0, 0.05) is 30.5 Å². The monoisotopic (exact) mass is 326 g/mol. The van der Waals surface area contributed by atoms with Crippen molar-refractivity contribution >= 4 is 23.4 Å². The van der Waals surface area contributed by atoms with Crippen LogP contribution in [0.3, 0.4) is 0 Å². The first-order valence-electron chi connectivity index (χ1n) is 7.11. The van der Waals surface area contributed by atoms with Crippen molar-refractivity contribution < 1.29 is 0 Å². The van der Waals surface area contributed by atoms with Crippen LogP contribution in [0.1, 0.15) is 11.1 Å². The molecule has 0 saturated carbocycles. The van der Waals surface area contributed by atoms with E-state index in [-0.39, 0.29) is 0 Å². The van der Waals surface area contributed by atoms with Crippen molar-refractivity contribution in [1.29, 1.82) is 0 Å². The summed E-state index contributed by atoms with van der Waals surface area (Å²) < 4.78 is 0. The van der Waals surface area contributed by atoms with Gasteiger partial charge in [-0.05, 0) is 23.3 Å². The molecule has 0 unspecified atom stereocenters. The standard InChI is InChI=1S/C16H15ClN6/c17-14-6-2-1-5-13(14)10-19-15-11-21-23-16(22-15)20-9-12-4-3-7-18-8-12/h1-8,11H,9-10H2,(H2,19,20,22,23). The molecule has 0 aliphatic heterocycles. The minimum Gasteiger partial charge on any atom is -0.364 e. The maximum Gasteiger partial charge on any atom is 0.244 e. The Bertz CT molecular complexity index is 765. The molecule has 0 amide bonds. The van der Waals surface area contributed by atoms with Crippen molar-refractivity contribution in [3.8, 4) is 0 Å². The van der Waals surface area contributed by atoms with Crippen LogP contribution < -0.4 is 10.6 Å². The molecule has 2 heterocycles. The number of hydrogen-bond donors (Lipinski definition) is 2. The van der Waals surface area contributed by atoms with Gasteiger partial charge in [0.1, 0.15) is 0 Å². The summed E-state index contributed by atoms with van der Waals surface area (Å²) in [5.74, 6) is 1.09. The first kappa shape index (κ1) is 15.2. The van der Waals surface area contributed by atoms with E-state index in [4.69, 9.17) is 11.6 Å². The lowest BCUT2D eigenvalue weighted by Crippen LogP contribution is -2.08. The van der Waals surface area contributed by atoms with Crippen LogP contribution in [-0.4, -0.2) is 20.2 Å². The summed E-state index contributed by atoms with van der Waals surface area (Å²) in [4.78, 5) is 8.44. The molecule has 7 heteroatoms. The molecule has 2 aromatic heterocycles. The highest BCUT2D eigenvalue weighted by Gasteiger charge is 2.03. The van der Waals surface area contributed by atoms with Gasteiger partial charge in [0.15, 0.2) is 5.82 Å². The molecule has 0 aliphatic rings. The Morgan fingerprint density at radius 3 is 2.70 bits per heavy atom. The normalized spacial score (nSPS) is 10.3. The highest BCUT2D eigenvalue weighted by atomic mass is 35.5. The van der Waals surface area contributed by atoms with Crippen LogP contribution in [0, 0.1) is 0 Å². The molecule has 116 valence electrons. The zero-order chi connectivity index (χ0) is 15.9. The maximum atomic E-state index is 6.13. The fraction of sp³-hybridized carbons (Fsp3) is 0.125. The summed E-state index contributed by atoms with van der Waals surface area (Å²) in [5, 5.41) is 14.9. The second kappa shape index (κ2) is 7.51. The zero-order valence-electron chi connectivity index (χ0n) is 12.3. The van der Waals surface area contributed by atoms with Crippen molar-refractivity contribution in [2.75, 3.05) is 10.6 Å². The molecule has 0 bridgehead atoms. The quantitative estimate of drug-likeness (QED) is 0.724. The van der Waals surface area contributed by atoms with Crippen LogP contribution in [0.15, 0.2) is 55.0 Å². The summed E-state index contributed by atoms with van der Waals surface area (Å²) in [5.41, 5.74) is 2.04. The van der Waals surface area contributed by atoms with Gasteiger partial charge in [-0.2, -0.15) is 10.1 Å². The summed E-state index contributed by atoms with van der Waals surface area (Å²) in [7, 11) is 0. The van der Waals surface area contributed by atoms with E-state index in [0.717, 1.165) is 16.1 Å². The molecule has 0 fully saturated rings. The van der Waals surface area contributed by atoms with Gasteiger partial charge in [0.2, 0.25) is 5.95 Å². The van der Waals surface area contributed by atoms with Gasteiger partial charge in [0.05, 0.1) is 6.20 Å². The predicted molar refractivity (Wildman–Crippen MR) is 90.2 cm³/mol. The van der Waals surface area contributed by atoms with Crippen molar-refractivity contribution in [1.82, 2.24) is 20.2 Å². The third-order valence-electron chi connectivity index (χ3n) is 3.15. The smallest absolute Gasteiger partial charge is 0.244 e. The minimum atomic E-state index is 0.456. The van der Waals surface area contributed by atoms with Crippen LogP contribution in [-0.2, 0) is 13.1 Å². The Hall–Kier alpha value is -2.73. The summed E-state index contributed by atoms with van der Waals surface area (Å²) in [6.07, 6.45) is 5.10. The van der Waals surface area contributed by atoms with Crippen LogP contribution in [0.5, 0.6) is 0 Å². The number of rotatable bonds is 6. The van der Waals surface area contributed by atoms with Crippen molar-refractivity contribution in [2.45, 2.75) is 13.1 Å². The van der Waals surface area contributed by atoms with E-state index in [1.54, 1.807) is 18.6 Å². The van der Waals surface area contributed by atoms with E-state index in [1.165, 1.54) is 0 Å². The van der Waals surface area contributed by atoms with Crippen molar-refractivity contribution in [2.24, 2.45) is 0 Å². The Labute approximate surface area is 139 Å². The number of hydrogen-bond acceptors (Lipinski definition) is 6. The number of nitrogens with one attached hydrogen (secondary N) is 2. The number of nitrogens with zero attached hydrogens (tertiary/aromatic N) is 4. The van der Waals surface area contributed by atoms with E-state index in [9.17, 15) is 0 Å². The Morgan fingerprint density at radius 1 is 0.957 bits per heavy atom. The largest absolute Gasteiger partial charge is 0.364 e. The first-order valence-corrected chi connectivity index (χ1v) is 7.49. The van der Waals surface area contributed by atoms with E-state index in [0.29, 0.717) is 24.9 Å². The zero-order valence-corrected chi connectivity index (χ0v) is 13.0. The molecule has 6 nitrogen and oxygen atoms in total. The first-order chi connectivity index (χ1) is 11.3. The van der Waals surface area contributed by atoms with Crippen LogP contribution in [0.25, 0.3) is 0 Å². The molecule has 0 aliphatic carbocycles. The van der Waals surface area contributed by atoms with Gasteiger partial charge < -0.3 is 10.6 Å². The number of anilines is 2. The fourth-order valence-corrected chi connectivity index (χ4v) is 2.18. The number of aromatic nitrogens is 4. The number of benzene rings is 1. The van der Waals surface area contributed by atoms with Gasteiger partial charge in [-0.15, -0.1) is 5.10 Å². The van der Waals surface area contributed by atoms with Crippen LogP contribution in [0.2, 0.25) is 5.02 Å². The lowest BCUT2D eigenvalue weighted by Gasteiger charge is -2.08. The Kier molecular flexibility index (Phi) is 4.95. The van der Waals surface area contributed by atoms with Gasteiger partial charge in [-0.1, -0.05) is 35.9 Å². The molecule has 1 aromatic carbocycles. The third-order valence-corrected chi connectivity index (χ3v) is 3.52. The van der Waals surface area contributed by atoms with E-state index in [2.05, 4.69) is 30.8 Å². The third kappa shape index (κ3) is 4.37. The SMILES string of the molecule is Clc1ccccc1CNc1cnnc(NCc2cccnc2)n1. The lowest BCUT2D eigenvalue weighted by molar-refractivity contribution is 0.935. The summed E-state index contributed by atoms with van der Waals surface area (Å²) in [6.45, 7) is 1.16. The summed E-state index contributed by atoms with van der Waals surface area (Å²) >= 11 is 6.13. The maximum absolute atomic E-state index is 6.13. The van der Waals surface area contributed by atoms with E-state index < -0.39 is 0 Å². The number of pyridine rings is 1. The molecule has 0 spiro atoms. The highest BCUT2D eigenvalue weighted by molar-refractivity contribution is 6.31. The molecular formula is C16H15ClN6. The molecular weight excluding hydrogens is 312 g/mol. The Balaban J connectivity index is 1.60. The van der Waals surface area contributed by atoms with Crippen molar-refractivity contribution in [3.05, 3.63) is 71.1 Å². The average Bonchev–Trinajstić information content (AvgIpc) is 2.61. The van der Waals surface area contributed by atoms with Gasteiger partial charge in [-0.3, -0.25) is 4.98 Å². The van der Waals surface area contributed by atoms with Crippen LogP contribution in [0.4, 0.5) is 11.8 Å². The molecule has 0 saturated heterocycles. The average molecular weight is 327 g/mol. The van der Waals surface area contributed by atoms with E-state index >= 15 is 0 Å². The van der Waals surface area contributed by atoms with Crippen LogP contribution >= 0.6 is 11.6 Å². The lowest BCUT2D eigenvalue weighted by atomic mass is 10.2. The molecule has 0 radical (unpaired) electrons. The fourth-order valence-electron chi connectivity index (χ4n) is 1.97. The van der Waals surface area contributed by atoms with Gasteiger partial charge >= 0.3 is 0 Å².